The number of nitrogens with two attached hydrogens (primary N) is 1. The lowest BCUT2D eigenvalue weighted by Crippen LogP contribution is -2.31. The first-order chi connectivity index (χ1) is 9.28. The van der Waals surface area contributed by atoms with Crippen molar-refractivity contribution in [2.45, 2.75) is 37.8 Å². The third-order valence-corrected chi connectivity index (χ3v) is 3.41. The van der Waals surface area contributed by atoms with Crippen molar-refractivity contribution in [3.05, 3.63) is 18.2 Å². The predicted octanol–water partition coefficient (Wildman–Crippen LogP) is 1.79. The van der Waals surface area contributed by atoms with Gasteiger partial charge in [0.25, 0.3) is 0 Å². The van der Waals surface area contributed by atoms with E-state index in [1.165, 1.54) is 0 Å². The zero-order valence-corrected chi connectivity index (χ0v) is 11.5. The summed E-state index contributed by atoms with van der Waals surface area (Å²) < 4.78 is 10.9. The monoisotopic (exact) mass is 265 g/mol. The van der Waals surface area contributed by atoms with Gasteiger partial charge >= 0.3 is 0 Å². The maximum absolute atomic E-state index is 5.87. The summed E-state index contributed by atoms with van der Waals surface area (Å²) >= 11 is 0. The van der Waals surface area contributed by atoms with Crippen LogP contribution in [0.2, 0.25) is 0 Å². The number of nitrogens with zero attached hydrogens (tertiary/aromatic N) is 1. The third-order valence-electron chi connectivity index (χ3n) is 3.41. The summed E-state index contributed by atoms with van der Waals surface area (Å²) in [5.74, 6) is 1.43. The summed E-state index contributed by atoms with van der Waals surface area (Å²) in [6.07, 6.45) is 4.70. The number of pyridine rings is 1. The largest absolute Gasteiger partial charge is 0.481 e. The van der Waals surface area contributed by atoms with Crippen LogP contribution in [0.5, 0.6) is 5.88 Å². The highest BCUT2D eigenvalue weighted by molar-refractivity contribution is 5.36. The molecule has 1 aliphatic carbocycles. The van der Waals surface area contributed by atoms with E-state index in [1.807, 2.05) is 18.2 Å². The molecule has 0 saturated heterocycles. The molecule has 0 aliphatic heterocycles. The van der Waals surface area contributed by atoms with E-state index in [9.17, 15) is 0 Å². The molecule has 0 unspecified atom stereocenters. The van der Waals surface area contributed by atoms with Crippen molar-refractivity contribution in [3.8, 4) is 5.88 Å². The molecule has 3 N–H and O–H groups in total. The number of nitrogens with one attached hydrogen (secondary N) is 1. The maximum atomic E-state index is 5.87. The molecule has 1 aliphatic rings. The van der Waals surface area contributed by atoms with Crippen LogP contribution in [0.25, 0.3) is 0 Å². The highest BCUT2D eigenvalue weighted by atomic mass is 16.5. The molecule has 0 radical (unpaired) electrons. The zero-order valence-electron chi connectivity index (χ0n) is 11.5. The van der Waals surface area contributed by atoms with Crippen LogP contribution >= 0.6 is 0 Å². The van der Waals surface area contributed by atoms with Crippen molar-refractivity contribution in [1.29, 1.82) is 0 Å². The maximum Gasteiger partial charge on any atom is 0.214 e. The molecule has 0 aromatic carbocycles. The van der Waals surface area contributed by atoms with Crippen LogP contribution in [0.15, 0.2) is 18.2 Å². The van der Waals surface area contributed by atoms with Crippen LogP contribution in [-0.2, 0) is 4.74 Å². The molecular weight excluding hydrogens is 242 g/mol. The molecule has 1 aromatic rings. The summed E-state index contributed by atoms with van der Waals surface area (Å²) in [5.41, 5.74) is 5.87. The number of hydrogen-bond acceptors (Lipinski definition) is 5. The average molecular weight is 265 g/mol. The van der Waals surface area contributed by atoms with Crippen LogP contribution in [0.3, 0.4) is 0 Å². The normalized spacial score (nSPS) is 23.1. The van der Waals surface area contributed by atoms with Gasteiger partial charge in [0.15, 0.2) is 0 Å². The van der Waals surface area contributed by atoms with Gasteiger partial charge in [0.2, 0.25) is 5.88 Å². The van der Waals surface area contributed by atoms with Crippen molar-refractivity contribution in [2.24, 2.45) is 5.73 Å². The topological polar surface area (TPSA) is 69.4 Å². The molecule has 2 rings (SSSR count). The molecule has 19 heavy (non-hydrogen) atoms. The summed E-state index contributed by atoms with van der Waals surface area (Å²) in [6, 6.07) is 6.03. The van der Waals surface area contributed by atoms with E-state index in [2.05, 4.69) is 10.3 Å². The van der Waals surface area contributed by atoms with Gasteiger partial charge < -0.3 is 20.5 Å². The van der Waals surface area contributed by atoms with E-state index in [1.54, 1.807) is 7.11 Å². The number of hydrogen-bond donors (Lipinski definition) is 2. The summed E-state index contributed by atoms with van der Waals surface area (Å²) in [5, 5.41) is 3.23. The third kappa shape index (κ3) is 4.69. The van der Waals surface area contributed by atoms with Gasteiger partial charge in [-0.1, -0.05) is 6.07 Å². The van der Waals surface area contributed by atoms with E-state index in [0.29, 0.717) is 24.6 Å². The van der Waals surface area contributed by atoms with Crippen LogP contribution in [0, 0.1) is 0 Å². The van der Waals surface area contributed by atoms with Gasteiger partial charge in [0.05, 0.1) is 19.8 Å². The van der Waals surface area contributed by atoms with Crippen molar-refractivity contribution in [2.75, 3.05) is 25.6 Å². The molecule has 5 heteroatoms. The van der Waals surface area contributed by atoms with Gasteiger partial charge in [-0.25, -0.2) is 0 Å². The molecule has 106 valence electrons. The Bertz CT molecular complexity index is 379. The Morgan fingerprint density at radius 1 is 1.32 bits per heavy atom. The first-order valence-corrected chi connectivity index (χ1v) is 6.90. The molecule has 1 saturated carbocycles. The summed E-state index contributed by atoms with van der Waals surface area (Å²) in [6.45, 7) is 1.45. The highest BCUT2D eigenvalue weighted by Crippen LogP contribution is 2.19. The lowest BCUT2D eigenvalue weighted by atomic mass is 9.94. The van der Waals surface area contributed by atoms with Crippen LogP contribution in [-0.4, -0.2) is 37.4 Å². The molecule has 1 aromatic heterocycles. The van der Waals surface area contributed by atoms with Gasteiger partial charge in [-0.05, 0) is 31.7 Å². The number of aromatic nitrogens is 1. The van der Waals surface area contributed by atoms with Crippen LogP contribution < -0.4 is 15.8 Å². The van der Waals surface area contributed by atoms with E-state index in [-0.39, 0.29) is 0 Å². The average Bonchev–Trinajstić information content (AvgIpc) is 2.46. The summed E-state index contributed by atoms with van der Waals surface area (Å²) in [4.78, 5) is 4.28. The fraction of sp³-hybridized carbons (Fsp3) is 0.643. The Morgan fingerprint density at radius 3 is 2.84 bits per heavy atom. The molecule has 5 nitrogen and oxygen atoms in total. The van der Waals surface area contributed by atoms with Gasteiger partial charge in [-0.15, -0.1) is 0 Å². The molecule has 1 heterocycles. The van der Waals surface area contributed by atoms with Gasteiger partial charge in [0, 0.05) is 18.7 Å². The van der Waals surface area contributed by atoms with Gasteiger partial charge in [-0.2, -0.15) is 4.98 Å². The quantitative estimate of drug-likeness (QED) is 0.767. The minimum Gasteiger partial charge on any atom is -0.481 e. The minimum absolute atomic E-state index is 0.374. The number of ether oxygens (including phenoxy) is 2. The van der Waals surface area contributed by atoms with E-state index in [4.69, 9.17) is 15.2 Å². The fourth-order valence-electron chi connectivity index (χ4n) is 2.29. The second kappa shape index (κ2) is 7.31. The second-order valence-electron chi connectivity index (χ2n) is 4.90. The Labute approximate surface area is 114 Å². The fourth-order valence-corrected chi connectivity index (χ4v) is 2.29. The zero-order chi connectivity index (χ0) is 13.5. The van der Waals surface area contributed by atoms with E-state index in [0.717, 1.165) is 38.0 Å². The SMILES string of the molecule is COc1cccc(NCCOC2CCC(N)CC2)n1. The number of methoxy groups -OCH3 is 1. The minimum atomic E-state index is 0.374. The first-order valence-electron chi connectivity index (χ1n) is 6.90. The molecule has 0 spiro atoms. The lowest BCUT2D eigenvalue weighted by Gasteiger charge is -2.26. The molecule has 1 fully saturated rings. The van der Waals surface area contributed by atoms with Gasteiger partial charge in [-0.3, -0.25) is 0 Å². The standard InChI is InChI=1S/C14H23N3O2/c1-18-14-4-2-3-13(17-14)16-9-10-19-12-7-5-11(15)6-8-12/h2-4,11-12H,5-10,15H2,1H3,(H,16,17). The van der Waals surface area contributed by atoms with Crippen molar-refractivity contribution in [3.63, 3.8) is 0 Å². The molecule has 0 amide bonds. The predicted molar refractivity (Wildman–Crippen MR) is 75.5 cm³/mol. The van der Waals surface area contributed by atoms with Gasteiger partial charge in [0.1, 0.15) is 5.82 Å². The summed E-state index contributed by atoms with van der Waals surface area (Å²) in [7, 11) is 1.61. The van der Waals surface area contributed by atoms with Crippen molar-refractivity contribution < 1.29 is 9.47 Å². The molecular formula is C14H23N3O2. The van der Waals surface area contributed by atoms with Crippen LogP contribution in [0.4, 0.5) is 5.82 Å². The van der Waals surface area contributed by atoms with Crippen molar-refractivity contribution >= 4 is 5.82 Å². The van der Waals surface area contributed by atoms with Crippen molar-refractivity contribution in [1.82, 2.24) is 4.98 Å². The Balaban J connectivity index is 1.63. The van der Waals surface area contributed by atoms with E-state index >= 15 is 0 Å². The number of rotatable bonds is 6. The Morgan fingerprint density at radius 2 is 2.11 bits per heavy atom. The second-order valence-corrected chi connectivity index (χ2v) is 4.90. The number of anilines is 1. The molecule has 0 bridgehead atoms. The molecule has 0 atom stereocenters. The highest BCUT2D eigenvalue weighted by Gasteiger charge is 2.18. The Kier molecular flexibility index (Phi) is 5.42. The smallest absolute Gasteiger partial charge is 0.214 e. The van der Waals surface area contributed by atoms with Crippen LogP contribution in [0.1, 0.15) is 25.7 Å². The van der Waals surface area contributed by atoms with E-state index < -0.39 is 0 Å². The first kappa shape index (κ1) is 14.1. The Hall–Kier alpha value is -1.33. The lowest BCUT2D eigenvalue weighted by molar-refractivity contribution is 0.0313.